The number of hydrogen-bond donors (Lipinski definition) is 2. The second-order valence-corrected chi connectivity index (χ2v) is 8.43. The van der Waals surface area contributed by atoms with Crippen molar-refractivity contribution in [3.63, 3.8) is 0 Å². The molecule has 0 aliphatic carbocycles. The molecule has 132 valence electrons. The van der Waals surface area contributed by atoms with Gasteiger partial charge in [-0.25, -0.2) is 13.1 Å². The molecule has 1 heterocycles. The lowest BCUT2D eigenvalue weighted by Gasteiger charge is -2.10. The standard InChI is InChI=1S/C20H24N2O2S/c1-13-6-8-20(15(3)11-13)25(23,24)21-10-9-17-16(4)22-19-7-5-14(2)12-18(17)19/h5-8,11-12,21-22H,9-10H2,1-4H3. The molecule has 3 rings (SSSR count). The topological polar surface area (TPSA) is 62.0 Å². The number of sulfonamides is 1. The molecular weight excluding hydrogens is 332 g/mol. The van der Waals surface area contributed by atoms with Crippen LogP contribution in [0.15, 0.2) is 41.3 Å². The molecule has 3 aromatic rings. The minimum absolute atomic E-state index is 0.351. The highest BCUT2D eigenvalue weighted by Crippen LogP contribution is 2.24. The summed E-state index contributed by atoms with van der Waals surface area (Å²) in [6.45, 7) is 8.25. The lowest BCUT2D eigenvalue weighted by atomic mass is 10.1. The molecule has 25 heavy (non-hydrogen) atoms. The molecule has 1 aromatic heterocycles. The van der Waals surface area contributed by atoms with Gasteiger partial charge in [0.05, 0.1) is 4.90 Å². The van der Waals surface area contributed by atoms with E-state index in [-0.39, 0.29) is 0 Å². The summed E-state index contributed by atoms with van der Waals surface area (Å²) in [4.78, 5) is 3.72. The number of aryl methyl sites for hydroxylation is 4. The van der Waals surface area contributed by atoms with Gasteiger partial charge in [-0.3, -0.25) is 0 Å². The van der Waals surface area contributed by atoms with Crippen molar-refractivity contribution in [2.75, 3.05) is 6.54 Å². The number of fused-ring (bicyclic) bond motifs is 1. The number of benzene rings is 2. The van der Waals surface area contributed by atoms with Gasteiger partial charge in [0.1, 0.15) is 0 Å². The number of rotatable bonds is 5. The smallest absolute Gasteiger partial charge is 0.240 e. The summed E-state index contributed by atoms with van der Waals surface area (Å²) in [7, 11) is -3.50. The molecule has 0 atom stereocenters. The van der Waals surface area contributed by atoms with E-state index in [1.807, 2.05) is 32.9 Å². The van der Waals surface area contributed by atoms with E-state index in [0.29, 0.717) is 17.9 Å². The Kier molecular flexibility index (Phi) is 4.71. The Morgan fingerprint density at radius 2 is 1.64 bits per heavy atom. The molecule has 2 N–H and O–H groups in total. The van der Waals surface area contributed by atoms with Crippen LogP contribution in [-0.4, -0.2) is 19.9 Å². The van der Waals surface area contributed by atoms with Crippen molar-refractivity contribution in [2.45, 2.75) is 39.0 Å². The fraction of sp³-hybridized carbons (Fsp3) is 0.300. The molecule has 0 unspecified atom stereocenters. The van der Waals surface area contributed by atoms with Gasteiger partial charge in [-0.15, -0.1) is 0 Å². The van der Waals surface area contributed by atoms with Crippen LogP contribution in [0.2, 0.25) is 0 Å². The zero-order chi connectivity index (χ0) is 18.2. The van der Waals surface area contributed by atoms with Gasteiger partial charge in [0, 0.05) is 23.1 Å². The zero-order valence-corrected chi connectivity index (χ0v) is 15.9. The van der Waals surface area contributed by atoms with Crippen molar-refractivity contribution in [2.24, 2.45) is 0 Å². The highest BCUT2D eigenvalue weighted by molar-refractivity contribution is 7.89. The summed E-state index contributed by atoms with van der Waals surface area (Å²) < 4.78 is 27.9. The molecule has 0 spiro atoms. The number of H-pyrrole nitrogens is 1. The van der Waals surface area contributed by atoms with E-state index in [4.69, 9.17) is 0 Å². The van der Waals surface area contributed by atoms with Crippen molar-refractivity contribution in [1.82, 2.24) is 9.71 Å². The lowest BCUT2D eigenvalue weighted by molar-refractivity contribution is 0.581. The molecular formula is C20H24N2O2S. The fourth-order valence-electron chi connectivity index (χ4n) is 3.31. The first-order valence-corrected chi connectivity index (χ1v) is 9.91. The lowest BCUT2D eigenvalue weighted by Crippen LogP contribution is -2.26. The normalized spacial score (nSPS) is 12.0. The van der Waals surface area contributed by atoms with Gasteiger partial charge in [-0.1, -0.05) is 29.3 Å². The Morgan fingerprint density at radius 3 is 2.36 bits per heavy atom. The fourth-order valence-corrected chi connectivity index (χ4v) is 4.56. The summed E-state index contributed by atoms with van der Waals surface area (Å²) in [6.07, 6.45) is 0.652. The van der Waals surface area contributed by atoms with Crippen molar-refractivity contribution >= 4 is 20.9 Å². The van der Waals surface area contributed by atoms with Gasteiger partial charge in [-0.2, -0.15) is 0 Å². The highest BCUT2D eigenvalue weighted by Gasteiger charge is 2.17. The molecule has 0 bridgehead atoms. The van der Waals surface area contributed by atoms with Crippen LogP contribution in [0.3, 0.4) is 0 Å². The van der Waals surface area contributed by atoms with Crippen LogP contribution in [0.4, 0.5) is 0 Å². The van der Waals surface area contributed by atoms with E-state index in [1.54, 1.807) is 6.07 Å². The number of nitrogens with one attached hydrogen (secondary N) is 2. The van der Waals surface area contributed by atoms with Crippen LogP contribution in [0.25, 0.3) is 10.9 Å². The largest absolute Gasteiger partial charge is 0.358 e. The average Bonchev–Trinajstić information content (AvgIpc) is 2.82. The number of aromatic nitrogens is 1. The Balaban J connectivity index is 1.79. The van der Waals surface area contributed by atoms with Crippen molar-refractivity contribution in [1.29, 1.82) is 0 Å². The molecule has 0 fully saturated rings. The Hall–Kier alpha value is -2.11. The van der Waals surface area contributed by atoms with Crippen molar-refractivity contribution in [3.05, 3.63) is 64.3 Å². The van der Waals surface area contributed by atoms with Gasteiger partial charge in [0.15, 0.2) is 0 Å². The maximum Gasteiger partial charge on any atom is 0.240 e. The third-order valence-corrected chi connectivity index (χ3v) is 6.18. The molecule has 5 heteroatoms. The molecule has 4 nitrogen and oxygen atoms in total. The van der Waals surface area contributed by atoms with Crippen LogP contribution in [0.1, 0.15) is 27.9 Å². The van der Waals surface area contributed by atoms with Crippen LogP contribution >= 0.6 is 0 Å². The van der Waals surface area contributed by atoms with Gasteiger partial charge in [0.25, 0.3) is 0 Å². The Labute approximate surface area is 149 Å². The van der Waals surface area contributed by atoms with Crippen LogP contribution < -0.4 is 4.72 Å². The highest BCUT2D eigenvalue weighted by atomic mass is 32.2. The third kappa shape index (κ3) is 3.62. The quantitative estimate of drug-likeness (QED) is 0.728. The number of aromatic amines is 1. The summed E-state index contributed by atoms with van der Waals surface area (Å²) in [6, 6.07) is 11.7. The molecule has 2 aromatic carbocycles. The van der Waals surface area contributed by atoms with Crippen molar-refractivity contribution in [3.8, 4) is 0 Å². The minimum atomic E-state index is -3.50. The zero-order valence-electron chi connectivity index (χ0n) is 15.1. The molecule has 0 saturated carbocycles. The average molecular weight is 356 g/mol. The SMILES string of the molecule is Cc1ccc(S(=O)(=O)NCCc2c(C)[nH]c3ccc(C)cc23)c(C)c1. The summed E-state index contributed by atoms with van der Waals surface area (Å²) in [5.41, 5.74) is 6.37. The minimum Gasteiger partial charge on any atom is -0.358 e. The maximum atomic E-state index is 12.6. The first-order valence-electron chi connectivity index (χ1n) is 8.42. The summed E-state index contributed by atoms with van der Waals surface area (Å²) in [5, 5.41) is 1.17. The molecule has 0 aliphatic heterocycles. The molecule has 0 saturated heterocycles. The van der Waals surface area contributed by atoms with Crippen LogP contribution in [0.5, 0.6) is 0 Å². The molecule has 0 aliphatic rings. The molecule has 0 amide bonds. The van der Waals surface area contributed by atoms with Gasteiger partial charge in [-0.05, 0) is 63.4 Å². The maximum absolute atomic E-state index is 12.6. The van der Waals surface area contributed by atoms with Gasteiger partial charge >= 0.3 is 0 Å². The monoisotopic (exact) mass is 356 g/mol. The van der Waals surface area contributed by atoms with E-state index < -0.39 is 10.0 Å². The summed E-state index contributed by atoms with van der Waals surface area (Å²) >= 11 is 0. The predicted octanol–water partition coefficient (Wildman–Crippen LogP) is 3.92. The number of hydrogen-bond acceptors (Lipinski definition) is 2. The third-order valence-electron chi connectivity index (χ3n) is 4.56. The summed E-state index contributed by atoms with van der Waals surface area (Å²) in [5.74, 6) is 0. The van der Waals surface area contributed by atoms with E-state index >= 15 is 0 Å². The first kappa shape index (κ1) is 17.7. The van der Waals surface area contributed by atoms with E-state index in [0.717, 1.165) is 22.3 Å². The van der Waals surface area contributed by atoms with E-state index in [2.05, 4.69) is 34.8 Å². The Morgan fingerprint density at radius 1 is 0.960 bits per heavy atom. The van der Waals surface area contributed by atoms with Crippen molar-refractivity contribution < 1.29 is 8.42 Å². The van der Waals surface area contributed by atoms with Gasteiger partial charge in [0.2, 0.25) is 10.0 Å². The van der Waals surface area contributed by atoms with Gasteiger partial charge < -0.3 is 4.98 Å². The van der Waals surface area contributed by atoms with E-state index in [1.165, 1.54) is 16.5 Å². The van der Waals surface area contributed by atoms with Crippen LogP contribution in [-0.2, 0) is 16.4 Å². The second kappa shape index (κ2) is 6.65. The van der Waals surface area contributed by atoms with E-state index in [9.17, 15) is 8.42 Å². The first-order chi connectivity index (χ1) is 11.8. The molecule has 0 radical (unpaired) electrons. The second-order valence-electron chi connectivity index (χ2n) is 6.69. The predicted molar refractivity (Wildman–Crippen MR) is 103 cm³/mol. The Bertz CT molecular complexity index is 1030. The van der Waals surface area contributed by atoms with Crippen LogP contribution in [0, 0.1) is 27.7 Å².